The molecule has 0 aromatic heterocycles. The second-order valence-electron chi connectivity index (χ2n) is 1.80. The van der Waals surface area contributed by atoms with Crippen molar-refractivity contribution in [1.29, 1.82) is 0 Å². The van der Waals surface area contributed by atoms with Crippen LogP contribution in [-0.2, 0) is 4.74 Å². The fourth-order valence-electron chi connectivity index (χ4n) is 0.608. The van der Waals surface area contributed by atoms with Crippen molar-refractivity contribution < 1.29 is 4.74 Å². The summed E-state index contributed by atoms with van der Waals surface area (Å²) in [5.41, 5.74) is 0. The van der Waals surface area contributed by atoms with E-state index in [2.05, 4.69) is 6.08 Å². The number of hydrogen-bond acceptors (Lipinski definition) is 1. The first kappa shape index (κ1) is 6.14. The molecule has 1 aliphatic heterocycles. The second-order valence-corrected chi connectivity index (χ2v) is 1.80. The van der Waals surface area contributed by atoms with Crippen molar-refractivity contribution in [3.63, 3.8) is 0 Å². The Labute approximate surface area is 55.3 Å². The Morgan fingerprint density at radius 1 is 1.00 bits per heavy atom. The summed E-state index contributed by atoms with van der Waals surface area (Å²) in [6.45, 7) is 0.786. The molecule has 1 heteroatoms. The summed E-state index contributed by atoms with van der Waals surface area (Å²) in [6, 6.07) is 0. The highest BCUT2D eigenvalue weighted by molar-refractivity contribution is 5.10. The first-order valence-electron chi connectivity index (χ1n) is 3.10. The highest BCUT2D eigenvalue weighted by Crippen LogP contribution is 1.91. The van der Waals surface area contributed by atoms with Gasteiger partial charge in [-0.15, -0.1) is 0 Å². The minimum absolute atomic E-state index is 0.786. The molecule has 0 unspecified atom stereocenters. The van der Waals surface area contributed by atoms with Crippen LogP contribution in [0.5, 0.6) is 0 Å². The van der Waals surface area contributed by atoms with E-state index in [0.717, 1.165) is 13.0 Å². The Morgan fingerprint density at radius 2 is 1.89 bits per heavy atom. The lowest BCUT2D eigenvalue weighted by Gasteiger charge is -1.92. The fraction of sp³-hybridized carbons (Fsp3) is 0.250. The third-order valence-electron chi connectivity index (χ3n) is 1.05. The van der Waals surface area contributed by atoms with E-state index in [4.69, 9.17) is 4.74 Å². The van der Waals surface area contributed by atoms with Crippen molar-refractivity contribution in [2.24, 2.45) is 0 Å². The van der Waals surface area contributed by atoms with Gasteiger partial charge >= 0.3 is 0 Å². The van der Waals surface area contributed by atoms with Crippen LogP contribution in [0.15, 0.2) is 36.6 Å². The van der Waals surface area contributed by atoms with Gasteiger partial charge in [0.2, 0.25) is 0 Å². The van der Waals surface area contributed by atoms with E-state index in [9.17, 15) is 0 Å². The predicted octanol–water partition coefficient (Wildman–Crippen LogP) is 2.03. The molecule has 0 N–H and O–H groups in total. The third-order valence-corrected chi connectivity index (χ3v) is 1.05. The number of hydrogen-bond donors (Lipinski definition) is 0. The molecule has 0 saturated carbocycles. The topological polar surface area (TPSA) is 9.23 Å². The third kappa shape index (κ3) is 2.75. The van der Waals surface area contributed by atoms with Gasteiger partial charge in [0.15, 0.2) is 0 Å². The molecule has 1 heterocycles. The number of rotatable bonds is 0. The summed E-state index contributed by atoms with van der Waals surface area (Å²) >= 11 is 0. The van der Waals surface area contributed by atoms with E-state index in [0.29, 0.717) is 0 Å². The summed E-state index contributed by atoms with van der Waals surface area (Å²) in [5, 5.41) is 0. The minimum Gasteiger partial charge on any atom is -0.501 e. The smallest absolute Gasteiger partial charge is 0.0907 e. The van der Waals surface area contributed by atoms with Crippen LogP contribution in [0.25, 0.3) is 0 Å². The largest absolute Gasteiger partial charge is 0.501 e. The van der Waals surface area contributed by atoms with Gasteiger partial charge in [-0.1, -0.05) is 24.3 Å². The molecule has 0 fully saturated rings. The lowest BCUT2D eigenvalue weighted by atomic mass is 10.4. The summed E-state index contributed by atoms with van der Waals surface area (Å²) in [5.74, 6) is 0. The second kappa shape index (κ2) is 3.96. The fourth-order valence-corrected chi connectivity index (χ4v) is 0.608. The zero-order chi connectivity index (χ0) is 6.36. The van der Waals surface area contributed by atoms with Crippen LogP contribution in [0.4, 0.5) is 0 Å². The molecule has 0 aromatic rings. The van der Waals surface area contributed by atoms with Crippen molar-refractivity contribution >= 4 is 0 Å². The van der Waals surface area contributed by atoms with Crippen LogP contribution in [0.3, 0.4) is 0 Å². The van der Waals surface area contributed by atoms with Crippen LogP contribution in [0.1, 0.15) is 6.42 Å². The van der Waals surface area contributed by atoms with Crippen LogP contribution in [-0.4, -0.2) is 6.61 Å². The van der Waals surface area contributed by atoms with Gasteiger partial charge in [-0.3, -0.25) is 0 Å². The SMILES string of the molecule is C1=CC=COCCC=C1. The van der Waals surface area contributed by atoms with Gasteiger partial charge in [0.25, 0.3) is 0 Å². The molecule has 1 aliphatic rings. The minimum atomic E-state index is 0.786. The summed E-state index contributed by atoms with van der Waals surface area (Å²) < 4.78 is 5.07. The molecular weight excluding hydrogens is 112 g/mol. The highest BCUT2D eigenvalue weighted by atomic mass is 16.5. The van der Waals surface area contributed by atoms with Crippen molar-refractivity contribution in [1.82, 2.24) is 0 Å². The lowest BCUT2D eigenvalue weighted by molar-refractivity contribution is 0.256. The summed E-state index contributed by atoms with van der Waals surface area (Å²) in [4.78, 5) is 0. The molecule has 1 nitrogen and oxygen atoms in total. The molecular formula is C8H10O. The molecule has 0 amide bonds. The molecule has 0 radical (unpaired) electrons. The van der Waals surface area contributed by atoms with Gasteiger partial charge in [0.05, 0.1) is 12.9 Å². The van der Waals surface area contributed by atoms with Crippen molar-refractivity contribution in [2.75, 3.05) is 6.61 Å². The Balaban J connectivity index is 2.45. The molecule has 0 spiro atoms. The summed E-state index contributed by atoms with van der Waals surface area (Å²) in [7, 11) is 0. The maximum Gasteiger partial charge on any atom is 0.0907 e. The molecule has 1 rings (SSSR count). The van der Waals surface area contributed by atoms with Gasteiger partial charge < -0.3 is 4.74 Å². The zero-order valence-electron chi connectivity index (χ0n) is 5.29. The first-order chi connectivity index (χ1) is 4.50. The van der Waals surface area contributed by atoms with E-state index < -0.39 is 0 Å². The Kier molecular flexibility index (Phi) is 2.70. The van der Waals surface area contributed by atoms with E-state index in [1.54, 1.807) is 6.26 Å². The number of allylic oxidation sites excluding steroid dienone is 4. The van der Waals surface area contributed by atoms with E-state index in [1.165, 1.54) is 0 Å². The van der Waals surface area contributed by atoms with E-state index in [1.807, 2.05) is 24.3 Å². The maximum absolute atomic E-state index is 5.07. The molecule has 0 saturated heterocycles. The average Bonchev–Trinajstić information content (AvgIpc) is 2.00. The van der Waals surface area contributed by atoms with Gasteiger partial charge in [-0.05, 0) is 12.5 Å². The lowest BCUT2D eigenvalue weighted by Crippen LogP contribution is -1.81. The van der Waals surface area contributed by atoms with Gasteiger partial charge in [-0.25, -0.2) is 0 Å². The van der Waals surface area contributed by atoms with Crippen LogP contribution in [0.2, 0.25) is 0 Å². The van der Waals surface area contributed by atoms with Crippen molar-refractivity contribution in [3.8, 4) is 0 Å². The average molecular weight is 122 g/mol. The Bertz CT molecular complexity index is 127. The van der Waals surface area contributed by atoms with Crippen LogP contribution < -0.4 is 0 Å². The first-order valence-corrected chi connectivity index (χ1v) is 3.10. The van der Waals surface area contributed by atoms with Gasteiger partial charge in [0.1, 0.15) is 0 Å². The Hall–Kier alpha value is -0.980. The highest BCUT2D eigenvalue weighted by Gasteiger charge is 1.78. The van der Waals surface area contributed by atoms with E-state index in [-0.39, 0.29) is 0 Å². The molecule has 0 atom stereocenters. The van der Waals surface area contributed by atoms with E-state index >= 15 is 0 Å². The molecule has 0 aliphatic carbocycles. The molecule has 0 bridgehead atoms. The molecule has 48 valence electrons. The quantitative estimate of drug-likeness (QED) is 0.477. The Morgan fingerprint density at radius 3 is 2.89 bits per heavy atom. The van der Waals surface area contributed by atoms with Crippen LogP contribution >= 0.6 is 0 Å². The van der Waals surface area contributed by atoms with Crippen molar-refractivity contribution in [3.05, 3.63) is 36.6 Å². The summed E-state index contributed by atoms with van der Waals surface area (Å²) in [6.07, 6.45) is 12.6. The molecule has 0 aromatic carbocycles. The predicted molar refractivity (Wildman–Crippen MR) is 38.0 cm³/mol. The number of ether oxygens (including phenoxy) is 1. The normalized spacial score (nSPS) is 17.8. The standard InChI is InChI=1S/C8H10O/c1-2-4-6-8-9-7-5-3-1/h1-5,7H,6,8H2. The van der Waals surface area contributed by atoms with Crippen molar-refractivity contribution in [2.45, 2.75) is 6.42 Å². The molecule has 9 heavy (non-hydrogen) atoms. The van der Waals surface area contributed by atoms with Gasteiger partial charge in [-0.2, -0.15) is 0 Å². The zero-order valence-corrected chi connectivity index (χ0v) is 5.29. The van der Waals surface area contributed by atoms with Crippen LogP contribution in [0, 0.1) is 0 Å². The maximum atomic E-state index is 5.07. The van der Waals surface area contributed by atoms with Gasteiger partial charge in [0, 0.05) is 0 Å². The monoisotopic (exact) mass is 122 g/mol.